The number of imide groups is 1. The third-order valence-corrected chi connectivity index (χ3v) is 5.12. The van der Waals surface area contributed by atoms with E-state index in [1.807, 2.05) is 0 Å². The van der Waals surface area contributed by atoms with Crippen LogP contribution in [0.15, 0.2) is 36.4 Å². The molecule has 0 aliphatic carbocycles. The number of carbonyl (C=O) groups excluding carboxylic acids is 2. The SMILES string of the molecule is COc1cccc(N2C(=O)[C@@H]3[C@@H](C2=O)[C@@]2(CO)C=C[C@@]3(C)O2)c1. The fraction of sp³-hybridized carbons (Fsp3) is 0.412. The molecule has 23 heavy (non-hydrogen) atoms. The van der Waals surface area contributed by atoms with E-state index in [-0.39, 0.29) is 18.4 Å². The summed E-state index contributed by atoms with van der Waals surface area (Å²) in [6.45, 7) is 1.46. The van der Waals surface area contributed by atoms with Gasteiger partial charge in [-0.3, -0.25) is 9.59 Å². The van der Waals surface area contributed by atoms with Gasteiger partial charge < -0.3 is 14.6 Å². The van der Waals surface area contributed by atoms with Gasteiger partial charge in [0.25, 0.3) is 0 Å². The van der Waals surface area contributed by atoms with E-state index in [0.717, 1.165) is 0 Å². The second-order valence-electron chi connectivity index (χ2n) is 6.40. The van der Waals surface area contributed by atoms with Crippen LogP contribution in [-0.2, 0) is 14.3 Å². The second kappa shape index (κ2) is 4.43. The van der Waals surface area contributed by atoms with E-state index < -0.39 is 23.0 Å². The first kappa shape index (κ1) is 14.4. The van der Waals surface area contributed by atoms with Crippen LogP contribution in [0, 0.1) is 11.8 Å². The Morgan fingerprint density at radius 3 is 2.70 bits per heavy atom. The molecule has 3 heterocycles. The molecular weight excluding hydrogens is 298 g/mol. The van der Waals surface area contributed by atoms with Crippen LogP contribution < -0.4 is 9.64 Å². The van der Waals surface area contributed by atoms with Crippen LogP contribution in [0.1, 0.15) is 6.92 Å². The Morgan fingerprint density at radius 2 is 2.00 bits per heavy atom. The van der Waals surface area contributed by atoms with Gasteiger partial charge in [-0.1, -0.05) is 18.2 Å². The average Bonchev–Trinajstić information content (AvgIpc) is 3.13. The number of aliphatic hydroxyl groups is 1. The van der Waals surface area contributed by atoms with Crippen LogP contribution in [0.5, 0.6) is 5.75 Å². The molecular formula is C17H17NO5. The summed E-state index contributed by atoms with van der Waals surface area (Å²) in [5.74, 6) is -1.37. The Bertz CT molecular complexity index is 744. The Labute approximate surface area is 133 Å². The van der Waals surface area contributed by atoms with Crippen LogP contribution in [-0.4, -0.2) is 41.8 Å². The molecule has 6 heteroatoms. The predicted octanol–water partition coefficient (Wildman–Crippen LogP) is 0.891. The Balaban J connectivity index is 1.80. The molecule has 120 valence electrons. The van der Waals surface area contributed by atoms with Crippen molar-refractivity contribution in [2.75, 3.05) is 18.6 Å². The van der Waals surface area contributed by atoms with Crippen LogP contribution in [0.25, 0.3) is 0 Å². The first-order valence-electron chi connectivity index (χ1n) is 7.49. The highest BCUT2D eigenvalue weighted by Gasteiger charge is 2.72. The lowest BCUT2D eigenvalue weighted by Crippen LogP contribution is -2.43. The number of amides is 2. The number of carbonyl (C=O) groups is 2. The van der Waals surface area contributed by atoms with Crippen molar-refractivity contribution in [3.05, 3.63) is 36.4 Å². The molecule has 4 rings (SSSR count). The minimum absolute atomic E-state index is 0.296. The highest BCUT2D eigenvalue weighted by Crippen LogP contribution is 2.57. The third-order valence-electron chi connectivity index (χ3n) is 5.12. The maximum absolute atomic E-state index is 12.9. The van der Waals surface area contributed by atoms with E-state index in [0.29, 0.717) is 11.4 Å². The van der Waals surface area contributed by atoms with E-state index in [2.05, 4.69) is 0 Å². The summed E-state index contributed by atoms with van der Waals surface area (Å²) < 4.78 is 11.0. The summed E-state index contributed by atoms with van der Waals surface area (Å²) >= 11 is 0. The highest BCUT2D eigenvalue weighted by molar-refractivity contribution is 6.23. The fourth-order valence-electron chi connectivity index (χ4n) is 4.04. The molecule has 1 aromatic carbocycles. The molecule has 0 radical (unpaired) electrons. The average molecular weight is 315 g/mol. The van der Waals surface area contributed by atoms with Crippen molar-refractivity contribution >= 4 is 17.5 Å². The number of nitrogens with zero attached hydrogens (tertiary/aromatic N) is 1. The standard InChI is InChI=1S/C17H17NO5/c1-16-6-7-17(9-19,23-16)13-12(16)14(20)18(15(13)21)10-4-3-5-11(8-10)22-2/h3-8,12-13,19H,9H2,1-2H3/t12-,13-,16+,17-/m0/s1. The van der Waals surface area contributed by atoms with Crippen molar-refractivity contribution in [1.82, 2.24) is 0 Å². The molecule has 2 saturated heterocycles. The predicted molar refractivity (Wildman–Crippen MR) is 80.9 cm³/mol. The van der Waals surface area contributed by atoms with Gasteiger partial charge in [-0.25, -0.2) is 4.90 Å². The van der Waals surface area contributed by atoms with Crippen LogP contribution in [0.3, 0.4) is 0 Å². The van der Waals surface area contributed by atoms with Crippen molar-refractivity contribution in [2.45, 2.75) is 18.1 Å². The van der Waals surface area contributed by atoms with E-state index in [1.165, 1.54) is 12.0 Å². The first-order valence-corrected chi connectivity index (χ1v) is 7.49. The van der Waals surface area contributed by atoms with Crippen LogP contribution in [0.4, 0.5) is 5.69 Å². The number of anilines is 1. The third kappa shape index (κ3) is 1.65. The van der Waals surface area contributed by atoms with Gasteiger partial charge in [0.15, 0.2) is 0 Å². The van der Waals surface area contributed by atoms with Gasteiger partial charge in [0.05, 0.1) is 36.8 Å². The lowest BCUT2D eigenvalue weighted by molar-refractivity contribution is -0.131. The Hall–Kier alpha value is -2.18. The maximum atomic E-state index is 12.9. The van der Waals surface area contributed by atoms with E-state index >= 15 is 0 Å². The van der Waals surface area contributed by atoms with E-state index in [1.54, 1.807) is 43.3 Å². The van der Waals surface area contributed by atoms with Crippen LogP contribution in [0.2, 0.25) is 0 Å². The normalized spacial score (nSPS) is 37.6. The van der Waals surface area contributed by atoms with Crippen molar-refractivity contribution in [1.29, 1.82) is 0 Å². The molecule has 1 aromatic rings. The first-order chi connectivity index (χ1) is 11.0. The largest absolute Gasteiger partial charge is 0.497 e. The molecule has 2 bridgehead atoms. The smallest absolute Gasteiger partial charge is 0.241 e. The van der Waals surface area contributed by atoms with Gasteiger partial charge in [-0.2, -0.15) is 0 Å². The van der Waals surface area contributed by atoms with Crippen molar-refractivity contribution in [2.24, 2.45) is 11.8 Å². The summed E-state index contributed by atoms with van der Waals surface area (Å²) in [4.78, 5) is 27.0. The number of ether oxygens (including phenoxy) is 2. The van der Waals surface area contributed by atoms with Crippen LogP contribution >= 0.6 is 0 Å². The van der Waals surface area contributed by atoms with Gasteiger partial charge >= 0.3 is 0 Å². The molecule has 1 N–H and O–H groups in total. The van der Waals surface area contributed by atoms with Crippen molar-refractivity contribution < 1.29 is 24.2 Å². The lowest BCUT2D eigenvalue weighted by Gasteiger charge is -2.27. The Morgan fingerprint density at radius 1 is 1.26 bits per heavy atom. The molecule has 2 fully saturated rings. The zero-order valence-corrected chi connectivity index (χ0v) is 12.9. The summed E-state index contributed by atoms with van der Waals surface area (Å²) in [5, 5.41) is 9.77. The minimum Gasteiger partial charge on any atom is -0.497 e. The molecule has 2 amide bonds. The minimum atomic E-state index is -1.10. The molecule has 6 nitrogen and oxygen atoms in total. The fourth-order valence-corrected chi connectivity index (χ4v) is 4.04. The number of methoxy groups -OCH3 is 1. The number of hydrogen-bond donors (Lipinski definition) is 1. The highest BCUT2D eigenvalue weighted by atomic mass is 16.5. The van der Waals surface area contributed by atoms with Gasteiger partial charge in [0, 0.05) is 6.07 Å². The number of rotatable bonds is 3. The zero-order valence-electron chi connectivity index (χ0n) is 12.9. The van der Waals surface area contributed by atoms with E-state index in [4.69, 9.17) is 9.47 Å². The number of benzene rings is 1. The number of hydrogen-bond acceptors (Lipinski definition) is 5. The molecule has 0 aromatic heterocycles. The molecule has 4 atom stereocenters. The molecule has 3 aliphatic heterocycles. The summed E-state index contributed by atoms with van der Waals surface area (Å²) in [6.07, 6.45) is 3.50. The second-order valence-corrected chi connectivity index (χ2v) is 6.40. The topological polar surface area (TPSA) is 76.1 Å². The summed E-state index contributed by atoms with van der Waals surface area (Å²) in [5.41, 5.74) is -1.47. The van der Waals surface area contributed by atoms with E-state index in [9.17, 15) is 14.7 Å². The number of aliphatic hydroxyl groups excluding tert-OH is 1. The van der Waals surface area contributed by atoms with Gasteiger partial charge in [-0.15, -0.1) is 0 Å². The maximum Gasteiger partial charge on any atom is 0.241 e. The molecule has 0 saturated carbocycles. The van der Waals surface area contributed by atoms with Gasteiger partial charge in [0.1, 0.15) is 11.4 Å². The van der Waals surface area contributed by atoms with Gasteiger partial charge in [0.2, 0.25) is 11.8 Å². The molecule has 0 unspecified atom stereocenters. The van der Waals surface area contributed by atoms with Crippen molar-refractivity contribution in [3.8, 4) is 5.75 Å². The molecule has 3 aliphatic rings. The lowest BCUT2D eigenvalue weighted by atomic mass is 9.73. The monoisotopic (exact) mass is 315 g/mol. The summed E-state index contributed by atoms with van der Waals surface area (Å²) in [6, 6.07) is 6.83. The zero-order chi connectivity index (χ0) is 16.4. The molecule has 0 spiro atoms. The summed E-state index contributed by atoms with van der Waals surface area (Å²) in [7, 11) is 1.53. The quantitative estimate of drug-likeness (QED) is 0.662. The van der Waals surface area contributed by atoms with Gasteiger partial charge in [-0.05, 0) is 19.1 Å². The number of fused-ring (bicyclic) bond motifs is 5. The Kier molecular flexibility index (Phi) is 2.77. The van der Waals surface area contributed by atoms with Crippen molar-refractivity contribution in [3.63, 3.8) is 0 Å².